The van der Waals surface area contributed by atoms with E-state index in [2.05, 4.69) is 16.5 Å². The monoisotopic (exact) mass is 395 g/mol. The number of amides is 1. The van der Waals surface area contributed by atoms with Crippen LogP contribution in [-0.4, -0.2) is 42.2 Å². The van der Waals surface area contributed by atoms with E-state index in [0.29, 0.717) is 18.8 Å². The van der Waals surface area contributed by atoms with E-state index in [0.717, 1.165) is 17.0 Å². The lowest BCUT2D eigenvalue weighted by Gasteiger charge is -2.23. The van der Waals surface area contributed by atoms with Crippen LogP contribution < -0.4 is 5.32 Å². The van der Waals surface area contributed by atoms with Crippen LogP contribution in [-0.2, 0) is 25.8 Å². The number of nitrogens with one attached hydrogen (secondary N) is 1. The summed E-state index contributed by atoms with van der Waals surface area (Å²) in [5.41, 5.74) is 2.01. The quantitative estimate of drug-likeness (QED) is 0.858. The predicted octanol–water partition coefficient (Wildman–Crippen LogP) is 2.26. The molecule has 0 aromatic carbocycles. The molecule has 7 nitrogen and oxygen atoms in total. The van der Waals surface area contributed by atoms with Crippen LogP contribution in [0.25, 0.3) is 0 Å². The van der Waals surface area contributed by atoms with E-state index >= 15 is 0 Å². The fraction of sp³-hybridized carbons (Fsp3) is 0.529. The number of carbonyl (C=O) groups is 1. The molecule has 0 bridgehead atoms. The molecule has 0 unspecified atom stereocenters. The molecule has 2 atom stereocenters. The van der Waals surface area contributed by atoms with Gasteiger partial charge in [0.05, 0.1) is 36.3 Å². The smallest absolute Gasteiger partial charge is 0.228 e. The number of nitrogens with zero attached hydrogens (tertiary/aromatic N) is 2. The molecule has 2 aromatic rings. The summed E-state index contributed by atoms with van der Waals surface area (Å²) >= 11 is 1.62. The molecule has 1 N–H and O–H groups in total. The van der Waals surface area contributed by atoms with Crippen molar-refractivity contribution in [3.8, 4) is 0 Å². The van der Waals surface area contributed by atoms with Crippen molar-refractivity contribution in [2.75, 3.05) is 23.4 Å². The lowest BCUT2D eigenvalue weighted by atomic mass is 10.1. The summed E-state index contributed by atoms with van der Waals surface area (Å²) in [4.78, 5) is 13.7. The van der Waals surface area contributed by atoms with Gasteiger partial charge in [0.1, 0.15) is 11.9 Å². The van der Waals surface area contributed by atoms with Crippen LogP contribution in [0.3, 0.4) is 0 Å². The molecule has 1 saturated heterocycles. The van der Waals surface area contributed by atoms with Crippen LogP contribution in [0.15, 0.2) is 17.5 Å². The van der Waals surface area contributed by atoms with E-state index in [-0.39, 0.29) is 36.0 Å². The third-order valence-corrected chi connectivity index (χ3v) is 7.62. The molecular weight excluding hydrogens is 374 g/mol. The van der Waals surface area contributed by atoms with Crippen molar-refractivity contribution in [1.82, 2.24) is 9.78 Å². The Morgan fingerprint density at radius 1 is 1.50 bits per heavy atom. The lowest BCUT2D eigenvalue weighted by Crippen LogP contribution is -2.23. The van der Waals surface area contributed by atoms with Crippen molar-refractivity contribution in [2.24, 2.45) is 0 Å². The Balaban J connectivity index is 1.47. The van der Waals surface area contributed by atoms with Gasteiger partial charge in [-0.05, 0) is 36.8 Å². The summed E-state index contributed by atoms with van der Waals surface area (Å²) in [5.74, 6) is 0.637. The number of fused-ring (bicyclic) bond motifs is 1. The standard InChI is InChI=1S/C17H21N3O4S2/c1-11-8-15(20(19-11)13-4-7-26(22,23)10-13)18-16(21)9-14-17-12(2-5-24-14)3-6-25-17/h3,6,8,13-14H,2,4-5,7,9-10H2,1H3,(H,18,21)/t13-,14-/m0/s1. The third kappa shape index (κ3) is 3.56. The van der Waals surface area contributed by atoms with Gasteiger partial charge in [0.2, 0.25) is 5.91 Å². The van der Waals surface area contributed by atoms with Crippen molar-refractivity contribution in [1.29, 1.82) is 0 Å². The van der Waals surface area contributed by atoms with E-state index in [1.165, 1.54) is 5.56 Å². The topological polar surface area (TPSA) is 90.3 Å². The summed E-state index contributed by atoms with van der Waals surface area (Å²) in [7, 11) is -3.02. The highest BCUT2D eigenvalue weighted by Crippen LogP contribution is 2.34. The Bertz CT molecular complexity index is 932. The van der Waals surface area contributed by atoms with Gasteiger partial charge in [0.15, 0.2) is 9.84 Å². The fourth-order valence-corrected chi connectivity index (χ4v) is 6.29. The first-order valence-corrected chi connectivity index (χ1v) is 11.4. The summed E-state index contributed by atoms with van der Waals surface area (Å²) < 4.78 is 31.0. The minimum Gasteiger partial charge on any atom is -0.372 e. The molecule has 9 heteroatoms. The van der Waals surface area contributed by atoms with E-state index in [4.69, 9.17) is 4.74 Å². The number of carbonyl (C=O) groups excluding carboxylic acids is 1. The van der Waals surface area contributed by atoms with Crippen LogP contribution in [0, 0.1) is 6.92 Å². The summed E-state index contributed by atoms with van der Waals surface area (Å²) in [6.07, 6.45) is 1.43. The number of hydrogen-bond donors (Lipinski definition) is 1. The van der Waals surface area contributed by atoms with Crippen LogP contribution in [0.1, 0.15) is 41.1 Å². The van der Waals surface area contributed by atoms with Crippen LogP contribution in [0.2, 0.25) is 0 Å². The molecule has 0 saturated carbocycles. The second-order valence-electron chi connectivity index (χ2n) is 6.84. The van der Waals surface area contributed by atoms with Crippen LogP contribution >= 0.6 is 11.3 Å². The summed E-state index contributed by atoms with van der Waals surface area (Å²) in [5, 5.41) is 9.32. The average Bonchev–Trinajstić information content (AvgIpc) is 3.26. The van der Waals surface area contributed by atoms with E-state index in [1.807, 2.05) is 12.3 Å². The molecule has 1 amide bonds. The average molecular weight is 396 g/mol. The number of hydrogen-bond acceptors (Lipinski definition) is 6. The van der Waals surface area contributed by atoms with E-state index in [1.54, 1.807) is 22.1 Å². The van der Waals surface area contributed by atoms with Crippen molar-refractivity contribution >= 4 is 32.9 Å². The van der Waals surface area contributed by atoms with Gasteiger partial charge >= 0.3 is 0 Å². The zero-order valence-electron chi connectivity index (χ0n) is 14.5. The highest BCUT2D eigenvalue weighted by atomic mass is 32.2. The van der Waals surface area contributed by atoms with Crippen molar-refractivity contribution < 1.29 is 17.9 Å². The van der Waals surface area contributed by atoms with Crippen molar-refractivity contribution in [2.45, 2.75) is 38.3 Å². The molecule has 0 aliphatic carbocycles. The Hall–Kier alpha value is -1.71. The Labute approximate surface area is 156 Å². The SMILES string of the molecule is Cc1cc(NC(=O)C[C@@H]2OCCc3ccsc32)n([C@H]2CCS(=O)(=O)C2)n1. The van der Waals surface area contributed by atoms with Gasteiger partial charge in [-0.15, -0.1) is 11.3 Å². The number of thiophene rings is 1. The van der Waals surface area contributed by atoms with Gasteiger partial charge in [0, 0.05) is 10.9 Å². The minimum absolute atomic E-state index is 0.0707. The molecule has 0 spiro atoms. The van der Waals surface area contributed by atoms with Gasteiger partial charge in [-0.3, -0.25) is 4.79 Å². The van der Waals surface area contributed by atoms with Gasteiger partial charge < -0.3 is 10.1 Å². The fourth-order valence-electron chi connectivity index (χ4n) is 3.59. The number of anilines is 1. The number of sulfone groups is 1. The largest absolute Gasteiger partial charge is 0.372 e. The number of aromatic nitrogens is 2. The Kier molecular flexibility index (Phi) is 4.62. The molecule has 4 rings (SSSR count). The molecule has 2 aliphatic rings. The highest BCUT2D eigenvalue weighted by molar-refractivity contribution is 7.91. The second-order valence-corrected chi connectivity index (χ2v) is 10.0. The predicted molar refractivity (Wildman–Crippen MR) is 99.2 cm³/mol. The first-order valence-electron chi connectivity index (χ1n) is 8.65. The molecule has 140 valence electrons. The Morgan fingerprint density at radius 3 is 3.12 bits per heavy atom. The molecular formula is C17H21N3O4S2. The van der Waals surface area contributed by atoms with Gasteiger partial charge in [-0.25, -0.2) is 13.1 Å². The lowest BCUT2D eigenvalue weighted by molar-refractivity contribution is -0.119. The third-order valence-electron chi connectivity index (χ3n) is 4.81. The first-order chi connectivity index (χ1) is 12.4. The number of aryl methyl sites for hydroxylation is 1. The zero-order valence-corrected chi connectivity index (χ0v) is 16.1. The van der Waals surface area contributed by atoms with Crippen molar-refractivity contribution in [3.05, 3.63) is 33.6 Å². The highest BCUT2D eigenvalue weighted by Gasteiger charge is 2.32. The zero-order chi connectivity index (χ0) is 18.3. The number of rotatable bonds is 4. The molecule has 0 radical (unpaired) electrons. The normalized spacial score (nSPS) is 24.3. The van der Waals surface area contributed by atoms with Gasteiger partial charge in [-0.2, -0.15) is 5.10 Å². The molecule has 2 aliphatic heterocycles. The first kappa shape index (κ1) is 17.7. The molecule has 2 aromatic heterocycles. The molecule has 26 heavy (non-hydrogen) atoms. The summed E-state index contributed by atoms with van der Waals surface area (Å²) in [6, 6.07) is 3.65. The maximum absolute atomic E-state index is 12.6. The van der Waals surface area contributed by atoms with Crippen molar-refractivity contribution in [3.63, 3.8) is 0 Å². The maximum atomic E-state index is 12.6. The molecule has 1 fully saturated rings. The molecule has 4 heterocycles. The second kappa shape index (κ2) is 6.79. The van der Waals surface area contributed by atoms with E-state index in [9.17, 15) is 13.2 Å². The van der Waals surface area contributed by atoms with Gasteiger partial charge in [0.25, 0.3) is 0 Å². The van der Waals surface area contributed by atoms with E-state index < -0.39 is 9.84 Å². The Morgan fingerprint density at radius 2 is 2.35 bits per heavy atom. The maximum Gasteiger partial charge on any atom is 0.228 e. The van der Waals surface area contributed by atoms with Crippen LogP contribution in [0.4, 0.5) is 5.82 Å². The number of ether oxygens (including phenoxy) is 1. The minimum atomic E-state index is -3.02. The van der Waals surface area contributed by atoms with Crippen LogP contribution in [0.5, 0.6) is 0 Å². The van der Waals surface area contributed by atoms with Gasteiger partial charge in [-0.1, -0.05) is 0 Å². The summed E-state index contributed by atoms with van der Waals surface area (Å²) in [6.45, 7) is 2.45.